The van der Waals surface area contributed by atoms with E-state index in [0.29, 0.717) is 5.56 Å². The number of aliphatic carboxylic acids is 1. The minimum absolute atomic E-state index is 0.0333. The highest BCUT2D eigenvalue weighted by molar-refractivity contribution is 9.12. The third-order valence-corrected chi connectivity index (χ3v) is 7.15. The molecule has 0 amide bonds. The van der Waals surface area contributed by atoms with Crippen LogP contribution in [0, 0.1) is 0 Å². The van der Waals surface area contributed by atoms with Crippen molar-refractivity contribution in [3.8, 4) is 10.6 Å². The number of hydrogen-bond acceptors (Lipinski definition) is 8. The monoisotopic (exact) mass is 574 g/mol. The van der Waals surface area contributed by atoms with Crippen LogP contribution in [-0.4, -0.2) is 41.7 Å². The molecule has 2 aromatic carbocycles. The van der Waals surface area contributed by atoms with E-state index in [2.05, 4.69) is 31.1 Å². The fourth-order valence-corrected chi connectivity index (χ4v) is 4.72. The van der Waals surface area contributed by atoms with Gasteiger partial charge in [0.2, 0.25) is 0 Å². The third-order valence-electron chi connectivity index (χ3n) is 4.25. The van der Waals surface area contributed by atoms with Gasteiger partial charge in [0, 0.05) is 11.8 Å². The van der Waals surface area contributed by atoms with Crippen LogP contribution in [0.5, 0.6) is 0 Å². The number of carboxylic acids is 1. The lowest BCUT2D eigenvalue weighted by atomic mass is 10.1. The number of halogens is 4. The van der Waals surface area contributed by atoms with Gasteiger partial charge in [-0.3, -0.25) is 0 Å². The first-order chi connectivity index (χ1) is 15.8. The lowest BCUT2D eigenvalue weighted by Crippen LogP contribution is -2.16. The fraction of sp³-hybridized carbons (Fsp3) is 0.100. The number of carbonyl (C=O) groups is 1. The second-order valence-corrected chi connectivity index (χ2v) is 10.5. The molecule has 0 aliphatic heterocycles. The first kappa shape index (κ1) is 25.5. The van der Waals surface area contributed by atoms with Gasteiger partial charge in [0.15, 0.2) is 14.8 Å². The van der Waals surface area contributed by atoms with Crippen LogP contribution in [0.1, 0.15) is 10.6 Å². The van der Waals surface area contributed by atoms with Crippen molar-refractivity contribution in [1.29, 1.82) is 0 Å². The first-order valence-electron chi connectivity index (χ1n) is 9.07. The summed E-state index contributed by atoms with van der Waals surface area (Å²) >= 11 is 3.87. The second kappa shape index (κ2) is 9.64. The van der Waals surface area contributed by atoms with E-state index >= 15 is 0 Å². The number of carboxylic acid groups (broad SMARTS) is 1. The van der Waals surface area contributed by atoms with Gasteiger partial charge in [0.1, 0.15) is 16.4 Å². The molecule has 0 bridgehead atoms. The fourth-order valence-electron chi connectivity index (χ4n) is 2.64. The van der Waals surface area contributed by atoms with Crippen molar-refractivity contribution in [2.45, 2.75) is 11.1 Å². The smallest absolute Gasteiger partial charge is 0.418 e. The molecule has 0 saturated carbocycles. The number of nitrogens with two attached hydrogens (primary N) is 1. The van der Waals surface area contributed by atoms with Crippen molar-refractivity contribution in [3.63, 3.8) is 0 Å². The Morgan fingerprint density at radius 3 is 2.44 bits per heavy atom. The molecule has 0 aliphatic carbocycles. The van der Waals surface area contributed by atoms with E-state index in [1.165, 1.54) is 30.3 Å². The van der Waals surface area contributed by atoms with E-state index in [4.69, 9.17) is 5.73 Å². The predicted octanol–water partition coefficient (Wildman–Crippen LogP) is 4.40. The van der Waals surface area contributed by atoms with Crippen LogP contribution in [-0.2, 0) is 20.8 Å². The summed E-state index contributed by atoms with van der Waals surface area (Å²) in [6.07, 6.45) is -3.69. The van der Waals surface area contributed by atoms with Gasteiger partial charge in [0.25, 0.3) is 0 Å². The maximum absolute atomic E-state index is 13.5. The molecule has 0 unspecified atom stereocenters. The van der Waals surface area contributed by atoms with E-state index in [9.17, 15) is 31.5 Å². The summed E-state index contributed by atoms with van der Waals surface area (Å²) in [6, 6.07) is 10.3. The maximum atomic E-state index is 13.5. The van der Waals surface area contributed by atoms with Crippen molar-refractivity contribution in [2.75, 3.05) is 6.26 Å². The predicted molar refractivity (Wildman–Crippen MR) is 124 cm³/mol. The van der Waals surface area contributed by atoms with Gasteiger partial charge in [0.05, 0.1) is 20.6 Å². The van der Waals surface area contributed by atoms with Gasteiger partial charge in [-0.05, 0) is 40.2 Å². The number of aromatic nitrogens is 2. The molecule has 0 radical (unpaired) electrons. The molecule has 0 fully saturated rings. The van der Waals surface area contributed by atoms with Crippen LogP contribution in [0.15, 0.2) is 68.6 Å². The highest BCUT2D eigenvalue weighted by Gasteiger charge is 2.33. The summed E-state index contributed by atoms with van der Waals surface area (Å²) in [5.74, 6) is -1.53. The molecule has 1 heterocycles. The molecule has 34 heavy (non-hydrogen) atoms. The highest BCUT2D eigenvalue weighted by atomic mass is 79.9. The first-order valence-corrected chi connectivity index (χ1v) is 12.6. The van der Waals surface area contributed by atoms with Gasteiger partial charge in [-0.1, -0.05) is 35.6 Å². The molecule has 3 N–H and O–H groups in total. The SMILES string of the molecule is CS(=O)(=O)c1cccc(-c2nnc(C(=Nc3ccccc3C(F)(F)F)C(Br)=C(N)C(=O)O)s2)c1. The van der Waals surface area contributed by atoms with Gasteiger partial charge in [-0.15, -0.1) is 10.2 Å². The number of allylic oxidation sites excluding steroid dienone is 1. The van der Waals surface area contributed by atoms with Crippen LogP contribution >= 0.6 is 27.3 Å². The summed E-state index contributed by atoms with van der Waals surface area (Å²) in [5.41, 5.74) is 3.42. The van der Waals surface area contributed by atoms with Gasteiger partial charge in [-0.2, -0.15) is 13.2 Å². The topological polar surface area (TPSA) is 136 Å². The number of sulfone groups is 1. The van der Waals surface area contributed by atoms with E-state index in [-0.39, 0.29) is 25.1 Å². The van der Waals surface area contributed by atoms with E-state index in [1.54, 1.807) is 6.07 Å². The standard InChI is InChI=1S/C20H14BrF3N4O4S2/c1-34(31,32)11-6-4-5-10(9-11)17-27-28-18(33-17)16(14(21)15(25)19(29)30)26-13-8-3-2-7-12(13)20(22,23)24/h2-9H,25H2,1H3,(H,29,30). The minimum atomic E-state index is -4.72. The number of alkyl halides is 3. The Hall–Kier alpha value is -3.10. The van der Waals surface area contributed by atoms with Crippen molar-refractivity contribution in [1.82, 2.24) is 10.2 Å². The zero-order valence-corrected chi connectivity index (χ0v) is 20.3. The Labute approximate surface area is 203 Å². The zero-order chi connectivity index (χ0) is 25.3. The molecule has 0 aliphatic rings. The van der Waals surface area contributed by atoms with Gasteiger partial charge >= 0.3 is 12.1 Å². The molecule has 178 valence electrons. The largest absolute Gasteiger partial charge is 0.477 e. The molecule has 8 nitrogen and oxygen atoms in total. The highest BCUT2D eigenvalue weighted by Crippen LogP contribution is 2.37. The molecule has 0 spiro atoms. The summed E-state index contributed by atoms with van der Waals surface area (Å²) in [5, 5.41) is 17.3. The lowest BCUT2D eigenvalue weighted by Gasteiger charge is -2.11. The Morgan fingerprint density at radius 2 is 1.82 bits per heavy atom. The summed E-state index contributed by atoms with van der Waals surface area (Å²) in [7, 11) is -3.51. The van der Waals surface area contributed by atoms with E-state index in [1.807, 2.05) is 0 Å². The average molecular weight is 575 g/mol. The normalized spacial score (nSPS) is 13.5. The molecule has 14 heteroatoms. The molecule has 0 atom stereocenters. The van der Waals surface area contributed by atoms with Crippen LogP contribution in [0.25, 0.3) is 10.6 Å². The Bertz CT molecular complexity index is 1430. The van der Waals surface area contributed by atoms with Crippen LogP contribution in [0.4, 0.5) is 18.9 Å². The molecule has 3 aromatic rings. The Kier molecular flexibility index (Phi) is 7.24. The number of para-hydroxylation sites is 1. The average Bonchev–Trinajstić information content (AvgIpc) is 3.25. The van der Waals surface area contributed by atoms with Crippen molar-refractivity contribution in [2.24, 2.45) is 10.7 Å². The van der Waals surface area contributed by atoms with E-state index in [0.717, 1.165) is 29.7 Å². The minimum Gasteiger partial charge on any atom is -0.477 e. The molecular weight excluding hydrogens is 561 g/mol. The lowest BCUT2D eigenvalue weighted by molar-refractivity contribution is -0.137. The Balaban J connectivity index is 2.20. The molecule has 1 aromatic heterocycles. The van der Waals surface area contributed by atoms with Crippen LogP contribution in [0.2, 0.25) is 0 Å². The van der Waals surface area contributed by atoms with Gasteiger partial charge < -0.3 is 10.8 Å². The number of hydrogen-bond donors (Lipinski definition) is 2. The summed E-state index contributed by atoms with van der Waals surface area (Å²) in [4.78, 5) is 15.4. The van der Waals surface area contributed by atoms with Crippen LogP contribution < -0.4 is 5.73 Å². The number of nitrogens with zero attached hydrogens (tertiary/aromatic N) is 3. The van der Waals surface area contributed by atoms with Crippen molar-refractivity contribution < 1.29 is 31.5 Å². The van der Waals surface area contributed by atoms with Crippen molar-refractivity contribution in [3.05, 3.63) is 69.3 Å². The van der Waals surface area contributed by atoms with Crippen LogP contribution in [0.3, 0.4) is 0 Å². The summed E-state index contributed by atoms with van der Waals surface area (Å²) < 4.78 is 63.8. The third kappa shape index (κ3) is 5.69. The molecule has 0 saturated heterocycles. The second-order valence-electron chi connectivity index (χ2n) is 6.72. The number of rotatable bonds is 6. The molecular formula is C20H14BrF3N4O4S2. The number of benzene rings is 2. The molecule has 3 rings (SSSR count). The van der Waals surface area contributed by atoms with E-state index < -0.39 is 38.9 Å². The van der Waals surface area contributed by atoms with Gasteiger partial charge in [-0.25, -0.2) is 18.2 Å². The number of aliphatic imine (C=N–C) groups is 1. The quantitative estimate of drug-likeness (QED) is 0.329. The van der Waals surface area contributed by atoms with Crippen molar-refractivity contribution >= 4 is 54.5 Å². The summed E-state index contributed by atoms with van der Waals surface area (Å²) in [6.45, 7) is 0. The Morgan fingerprint density at radius 1 is 1.15 bits per heavy atom. The maximum Gasteiger partial charge on any atom is 0.418 e. The zero-order valence-electron chi connectivity index (χ0n) is 17.0.